The van der Waals surface area contributed by atoms with E-state index < -0.39 is 23.8 Å². The van der Waals surface area contributed by atoms with Crippen LogP contribution in [0.4, 0.5) is 4.79 Å². The Labute approximate surface area is 211 Å². The largest absolute Gasteiger partial charge is 0.444 e. The van der Waals surface area contributed by atoms with Crippen LogP contribution in [0.25, 0.3) is 0 Å². The van der Waals surface area contributed by atoms with Crippen molar-refractivity contribution in [3.63, 3.8) is 0 Å². The van der Waals surface area contributed by atoms with E-state index >= 15 is 0 Å². The molecule has 7 nitrogen and oxygen atoms in total. The molecule has 0 aromatic heterocycles. The molecule has 0 spiro atoms. The molecule has 7 heteroatoms. The van der Waals surface area contributed by atoms with E-state index in [4.69, 9.17) is 11.2 Å². The molecular weight excluding hydrogens is 442 g/mol. The second-order valence-corrected chi connectivity index (χ2v) is 10.3. The number of ether oxygens (including phenoxy) is 1. The van der Waals surface area contributed by atoms with Crippen LogP contribution in [0.15, 0.2) is 24.3 Å². The Morgan fingerprint density at radius 1 is 1.06 bits per heavy atom. The molecule has 3 unspecified atom stereocenters. The Balaban J connectivity index is 3.37. The van der Waals surface area contributed by atoms with Crippen LogP contribution in [-0.2, 0) is 14.3 Å². The maximum absolute atomic E-state index is 13.8. The van der Waals surface area contributed by atoms with Crippen molar-refractivity contribution in [2.75, 3.05) is 6.54 Å². The highest BCUT2D eigenvalue weighted by Gasteiger charge is 2.36. The predicted octanol–water partition coefficient (Wildman–Crippen LogP) is 4.80. The second-order valence-electron chi connectivity index (χ2n) is 10.3. The van der Waals surface area contributed by atoms with Crippen molar-refractivity contribution < 1.29 is 19.1 Å². The normalized spacial score (nSPS) is 13.8. The molecule has 0 saturated carbocycles. The lowest BCUT2D eigenvalue weighted by Crippen LogP contribution is -2.53. The van der Waals surface area contributed by atoms with Gasteiger partial charge < -0.3 is 20.3 Å². The Morgan fingerprint density at radius 2 is 1.66 bits per heavy atom. The quantitative estimate of drug-likeness (QED) is 0.441. The molecule has 0 bridgehead atoms. The van der Waals surface area contributed by atoms with Gasteiger partial charge in [0.05, 0.1) is 0 Å². The molecule has 0 saturated heterocycles. The van der Waals surface area contributed by atoms with Crippen LogP contribution >= 0.6 is 0 Å². The number of hydrogen-bond acceptors (Lipinski definition) is 4. The number of terminal acetylenes is 1. The fourth-order valence-electron chi connectivity index (χ4n) is 3.87. The first-order valence-electron chi connectivity index (χ1n) is 12.5. The molecule has 0 fully saturated rings. The molecule has 0 heterocycles. The first-order chi connectivity index (χ1) is 16.3. The third-order valence-electron chi connectivity index (χ3n) is 5.38. The van der Waals surface area contributed by atoms with Crippen LogP contribution in [0.2, 0.25) is 0 Å². The van der Waals surface area contributed by atoms with Crippen LogP contribution in [0.5, 0.6) is 0 Å². The number of carbonyl (C=O) groups excluding carboxylic acids is 3. The standard InChI is InChI=1S/C28H43N3O4/c1-10-13-20(6)29-25(32)24(22-16-14-21(11-2)15-17-22)31(12-3)26(33)23(18-19(4)5)30-27(34)35-28(7,8)9/h2,14-17,19-20,23-24H,10,12-13,18H2,1,3-9H3,(H,29,32)(H,30,34). The van der Waals surface area contributed by atoms with Crippen molar-refractivity contribution in [2.24, 2.45) is 5.92 Å². The maximum atomic E-state index is 13.8. The first kappa shape index (κ1) is 30.0. The molecule has 2 N–H and O–H groups in total. The predicted molar refractivity (Wildman–Crippen MR) is 140 cm³/mol. The molecule has 3 atom stereocenters. The summed E-state index contributed by atoms with van der Waals surface area (Å²) in [4.78, 5) is 41.3. The molecule has 0 aliphatic rings. The van der Waals surface area contributed by atoms with E-state index in [1.54, 1.807) is 45.0 Å². The average Bonchev–Trinajstić information content (AvgIpc) is 2.75. The van der Waals surface area contributed by atoms with Gasteiger partial charge in [0.25, 0.3) is 0 Å². The molecule has 0 aliphatic carbocycles. The molecule has 0 aliphatic heterocycles. The highest BCUT2D eigenvalue weighted by Crippen LogP contribution is 2.24. The fourth-order valence-corrected chi connectivity index (χ4v) is 3.87. The maximum Gasteiger partial charge on any atom is 0.408 e. The molecule has 1 aromatic carbocycles. The Bertz CT molecular complexity index is 881. The van der Waals surface area contributed by atoms with E-state index in [0.29, 0.717) is 17.5 Å². The van der Waals surface area contributed by atoms with Crippen molar-refractivity contribution in [3.8, 4) is 12.3 Å². The van der Waals surface area contributed by atoms with E-state index in [-0.39, 0.29) is 30.3 Å². The van der Waals surface area contributed by atoms with Gasteiger partial charge in [0, 0.05) is 18.2 Å². The molecule has 194 valence electrons. The third kappa shape index (κ3) is 10.0. The summed E-state index contributed by atoms with van der Waals surface area (Å²) in [6.07, 6.45) is 6.99. The summed E-state index contributed by atoms with van der Waals surface area (Å²) in [5, 5.41) is 5.78. The molecular formula is C28H43N3O4. The van der Waals surface area contributed by atoms with Gasteiger partial charge in [0.15, 0.2) is 0 Å². The van der Waals surface area contributed by atoms with Crippen LogP contribution in [-0.4, -0.2) is 47.0 Å². The topological polar surface area (TPSA) is 87.7 Å². The van der Waals surface area contributed by atoms with Gasteiger partial charge in [-0.3, -0.25) is 9.59 Å². The zero-order chi connectivity index (χ0) is 26.8. The molecule has 0 radical (unpaired) electrons. The van der Waals surface area contributed by atoms with Gasteiger partial charge in [-0.1, -0.05) is 45.2 Å². The summed E-state index contributed by atoms with van der Waals surface area (Å²) in [7, 11) is 0. The lowest BCUT2D eigenvalue weighted by Gasteiger charge is -2.34. The van der Waals surface area contributed by atoms with Crippen LogP contribution in [0, 0.1) is 18.3 Å². The van der Waals surface area contributed by atoms with Crippen LogP contribution in [0.3, 0.4) is 0 Å². The SMILES string of the molecule is C#Cc1ccc(C(C(=O)NC(C)CCC)N(CC)C(=O)C(CC(C)C)NC(=O)OC(C)(C)C)cc1. The van der Waals surface area contributed by atoms with Crippen LogP contribution < -0.4 is 10.6 Å². The number of rotatable bonds is 11. The molecule has 3 amide bonds. The first-order valence-corrected chi connectivity index (χ1v) is 12.5. The van der Waals surface area contributed by atoms with Crippen molar-refractivity contribution in [1.29, 1.82) is 0 Å². The summed E-state index contributed by atoms with van der Waals surface area (Å²) in [6.45, 7) is 15.4. The van der Waals surface area contributed by atoms with Gasteiger partial charge in [0.1, 0.15) is 17.7 Å². The van der Waals surface area contributed by atoms with Crippen molar-refractivity contribution >= 4 is 17.9 Å². The van der Waals surface area contributed by atoms with E-state index in [9.17, 15) is 14.4 Å². The van der Waals surface area contributed by atoms with E-state index in [1.165, 1.54) is 4.90 Å². The number of amides is 3. The average molecular weight is 486 g/mol. The van der Waals surface area contributed by atoms with Gasteiger partial charge in [-0.05, 0) is 71.1 Å². The lowest BCUT2D eigenvalue weighted by molar-refractivity contribution is -0.142. The number of benzene rings is 1. The minimum atomic E-state index is -0.867. The highest BCUT2D eigenvalue weighted by molar-refractivity contribution is 5.92. The Hall–Kier alpha value is -3.01. The summed E-state index contributed by atoms with van der Waals surface area (Å²) in [5.74, 6) is 2.10. The number of likely N-dealkylation sites (N-methyl/N-ethyl adjacent to an activating group) is 1. The van der Waals surface area contributed by atoms with Crippen molar-refractivity contribution in [1.82, 2.24) is 15.5 Å². The Kier molecular flexibility index (Phi) is 11.8. The number of nitrogens with one attached hydrogen (secondary N) is 2. The number of carbonyl (C=O) groups is 3. The summed E-state index contributed by atoms with van der Waals surface area (Å²) >= 11 is 0. The van der Waals surface area contributed by atoms with Gasteiger partial charge in [0.2, 0.25) is 11.8 Å². The van der Waals surface area contributed by atoms with Gasteiger partial charge in [-0.25, -0.2) is 4.79 Å². The number of nitrogens with zero attached hydrogens (tertiary/aromatic N) is 1. The summed E-state index contributed by atoms with van der Waals surface area (Å²) in [5.41, 5.74) is 0.642. The van der Waals surface area contributed by atoms with E-state index in [1.807, 2.05) is 27.7 Å². The number of alkyl carbamates (subject to hydrolysis) is 1. The minimum Gasteiger partial charge on any atom is -0.444 e. The second kappa shape index (κ2) is 13.8. The lowest BCUT2D eigenvalue weighted by atomic mass is 9.98. The summed E-state index contributed by atoms with van der Waals surface area (Å²) in [6, 6.07) is 5.33. The fraction of sp³-hybridized carbons (Fsp3) is 0.607. The molecule has 1 rings (SSSR count). The van der Waals surface area contributed by atoms with E-state index in [0.717, 1.165) is 12.8 Å². The van der Waals surface area contributed by atoms with Gasteiger partial charge in [-0.15, -0.1) is 6.42 Å². The van der Waals surface area contributed by atoms with Gasteiger partial charge >= 0.3 is 6.09 Å². The molecule has 35 heavy (non-hydrogen) atoms. The van der Waals surface area contributed by atoms with E-state index in [2.05, 4.69) is 23.5 Å². The molecule has 1 aromatic rings. The Morgan fingerprint density at radius 3 is 2.11 bits per heavy atom. The van der Waals surface area contributed by atoms with Crippen LogP contribution in [0.1, 0.15) is 91.8 Å². The monoisotopic (exact) mass is 485 g/mol. The summed E-state index contributed by atoms with van der Waals surface area (Å²) < 4.78 is 5.39. The minimum absolute atomic E-state index is 0.0415. The highest BCUT2D eigenvalue weighted by atomic mass is 16.6. The van der Waals surface area contributed by atoms with Gasteiger partial charge in [-0.2, -0.15) is 0 Å². The van der Waals surface area contributed by atoms with Crippen molar-refractivity contribution in [3.05, 3.63) is 35.4 Å². The third-order valence-corrected chi connectivity index (χ3v) is 5.38. The zero-order valence-electron chi connectivity index (χ0n) is 22.6. The smallest absolute Gasteiger partial charge is 0.408 e. The number of hydrogen-bond donors (Lipinski definition) is 2. The van der Waals surface area contributed by atoms with Crippen molar-refractivity contribution in [2.45, 2.75) is 98.4 Å². The zero-order valence-corrected chi connectivity index (χ0v) is 22.6.